The van der Waals surface area contributed by atoms with Crippen molar-refractivity contribution >= 4 is 17.3 Å². The normalized spacial score (nSPS) is 10.3. The van der Waals surface area contributed by atoms with Crippen LogP contribution in [0.3, 0.4) is 0 Å². The third-order valence-corrected chi connectivity index (χ3v) is 3.77. The van der Waals surface area contributed by atoms with Crippen LogP contribution >= 0.6 is 0 Å². The topological polar surface area (TPSA) is 99.3 Å². The van der Waals surface area contributed by atoms with Crippen LogP contribution in [-0.4, -0.2) is 27.7 Å². The van der Waals surface area contributed by atoms with Crippen LogP contribution < -0.4 is 5.32 Å². The number of nitro groups is 1. The number of aromatic nitrogens is 2. The maximum Gasteiger partial charge on any atom is 0.338 e. The third kappa shape index (κ3) is 3.69. The summed E-state index contributed by atoms with van der Waals surface area (Å²) in [5.41, 5.74) is 1.98. The molecule has 0 bridgehead atoms. The molecule has 8 nitrogen and oxygen atoms in total. The first-order valence-electron chi connectivity index (χ1n) is 7.81. The van der Waals surface area contributed by atoms with E-state index in [9.17, 15) is 14.9 Å². The van der Waals surface area contributed by atoms with E-state index in [-0.39, 0.29) is 17.9 Å². The molecule has 0 fully saturated rings. The number of hydrogen-bond acceptors (Lipinski definition) is 6. The molecule has 0 aliphatic heterocycles. The van der Waals surface area contributed by atoms with Crippen LogP contribution in [0, 0.1) is 10.1 Å². The highest BCUT2D eigenvalue weighted by atomic mass is 16.6. The van der Waals surface area contributed by atoms with E-state index in [1.807, 2.05) is 36.5 Å². The van der Waals surface area contributed by atoms with Crippen molar-refractivity contribution in [2.45, 2.75) is 6.61 Å². The minimum Gasteiger partial charge on any atom is -0.457 e. The van der Waals surface area contributed by atoms with E-state index < -0.39 is 10.9 Å². The molecule has 26 heavy (non-hydrogen) atoms. The standard InChI is InChI=1S/C18H16N4O4/c1-19-16-8-5-14(11-17(16)22(24)25)18(23)26-12-13-3-6-15(7-4-13)21-10-2-9-20-21/h2-11,19H,12H2,1H3. The molecular weight excluding hydrogens is 336 g/mol. The van der Waals surface area contributed by atoms with Gasteiger partial charge < -0.3 is 10.1 Å². The number of rotatable bonds is 6. The van der Waals surface area contributed by atoms with Gasteiger partial charge in [0, 0.05) is 25.5 Å². The first-order chi connectivity index (χ1) is 12.6. The van der Waals surface area contributed by atoms with Gasteiger partial charge in [-0.1, -0.05) is 12.1 Å². The molecule has 0 saturated carbocycles. The SMILES string of the molecule is CNc1ccc(C(=O)OCc2ccc(-n3cccn3)cc2)cc1[N+](=O)[O-]. The van der Waals surface area contributed by atoms with Crippen LogP contribution in [0.25, 0.3) is 5.69 Å². The largest absolute Gasteiger partial charge is 0.457 e. The number of hydrogen-bond donors (Lipinski definition) is 1. The minimum absolute atomic E-state index is 0.0692. The third-order valence-electron chi connectivity index (χ3n) is 3.77. The summed E-state index contributed by atoms with van der Waals surface area (Å²) in [6.07, 6.45) is 3.52. The van der Waals surface area contributed by atoms with Gasteiger partial charge in [-0.25, -0.2) is 9.48 Å². The Labute approximate surface area is 149 Å². The number of nitro benzene ring substituents is 1. The average Bonchev–Trinajstić information content (AvgIpc) is 3.20. The number of anilines is 1. The van der Waals surface area contributed by atoms with Gasteiger partial charge in [-0.2, -0.15) is 5.10 Å². The van der Waals surface area contributed by atoms with Gasteiger partial charge in [0.15, 0.2) is 0 Å². The Morgan fingerprint density at radius 1 is 1.27 bits per heavy atom. The number of nitrogens with zero attached hydrogens (tertiary/aromatic N) is 3. The number of nitrogens with one attached hydrogen (secondary N) is 1. The van der Waals surface area contributed by atoms with Crippen molar-refractivity contribution in [2.24, 2.45) is 0 Å². The van der Waals surface area contributed by atoms with Gasteiger partial charge in [0.25, 0.3) is 5.69 Å². The molecule has 3 aromatic rings. The molecule has 1 N–H and O–H groups in total. The molecule has 1 heterocycles. The maximum absolute atomic E-state index is 12.2. The van der Waals surface area contributed by atoms with E-state index in [0.29, 0.717) is 5.69 Å². The quantitative estimate of drug-likeness (QED) is 0.415. The summed E-state index contributed by atoms with van der Waals surface area (Å²) in [6, 6.07) is 13.4. The molecule has 0 spiro atoms. The van der Waals surface area contributed by atoms with E-state index in [1.165, 1.54) is 18.2 Å². The molecule has 0 unspecified atom stereocenters. The summed E-state index contributed by atoms with van der Waals surface area (Å²) >= 11 is 0. The van der Waals surface area contributed by atoms with E-state index >= 15 is 0 Å². The fraction of sp³-hybridized carbons (Fsp3) is 0.111. The zero-order valence-corrected chi connectivity index (χ0v) is 14.0. The average molecular weight is 352 g/mol. The van der Waals surface area contributed by atoms with Crippen molar-refractivity contribution < 1.29 is 14.5 Å². The lowest BCUT2D eigenvalue weighted by Gasteiger charge is -2.08. The Balaban J connectivity index is 1.67. The molecule has 3 rings (SSSR count). The molecule has 0 amide bonds. The van der Waals surface area contributed by atoms with Gasteiger partial charge in [0.1, 0.15) is 12.3 Å². The Bertz CT molecular complexity index is 921. The van der Waals surface area contributed by atoms with Crippen LogP contribution in [0.4, 0.5) is 11.4 Å². The predicted molar refractivity (Wildman–Crippen MR) is 95.3 cm³/mol. The van der Waals surface area contributed by atoms with Crippen molar-refractivity contribution in [3.8, 4) is 5.69 Å². The van der Waals surface area contributed by atoms with Crippen molar-refractivity contribution in [1.29, 1.82) is 0 Å². The first-order valence-corrected chi connectivity index (χ1v) is 7.81. The summed E-state index contributed by atoms with van der Waals surface area (Å²) in [7, 11) is 1.58. The summed E-state index contributed by atoms with van der Waals surface area (Å²) in [6.45, 7) is 0.0692. The van der Waals surface area contributed by atoms with Crippen LogP contribution in [0.5, 0.6) is 0 Å². The molecule has 0 aliphatic carbocycles. The predicted octanol–water partition coefficient (Wildman–Crippen LogP) is 3.18. The van der Waals surface area contributed by atoms with E-state index in [4.69, 9.17) is 4.74 Å². The second-order valence-electron chi connectivity index (χ2n) is 5.43. The summed E-state index contributed by atoms with van der Waals surface area (Å²) in [4.78, 5) is 22.7. The monoisotopic (exact) mass is 352 g/mol. The fourth-order valence-electron chi connectivity index (χ4n) is 2.42. The van der Waals surface area contributed by atoms with Gasteiger partial charge in [-0.3, -0.25) is 10.1 Å². The van der Waals surface area contributed by atoms with Crippen molar-refractivity contribution in [1.82, 2.24) is 9.78 Å². The number of carbonyl (C=O) groups is 1. The van der Waals surface area contributed by atoms with Gasteiger partial charge in [-0.05, 0) is 35.9 Å². The summed E-state index contributed by atoms with van der Waals surface area (Å²) in [5.74, 6) is -0.619. The van der Waals surface area contributed by atoms with Gasteiger partial charge in [0.2, 0.25) is 0 Å². The highest BCUT2D eigenvalue weighted by Crippen LogP contribution is 2.25. The number of esters is 1. The van der Waals surface area contributed by atoms with Crippen LogP contribution in [-0.2, 0) is 11.3 Å². The molecule has 8 heteroatoms. The molecule has 0 atom stereocenters. The lowest BCUT2D eigenvalue weighted by Crippen LogP contribution is -2.07. The Morgan fingerprint density at radius 2 is 2.04 bits per heavy atom. The fourth-order valence-corrected chi connectivity index (χ4v) is 2.42. The minimum atomic E-state index is -0.619. The highest BCUT2D eigenvalue weighted by molar-refractivity contribution is 5.91. The van der Waals surface area contributed by atoms with E-state index in [1.54, 1.807) is 17.9 Å². The van der Waals surface area contributed by atoms with Gasteiger partial charge >= 0.3 is 5.97 Å². The molecule has 0 saturated heterocycles. The Hall–Kier alpha value is -3.68. The van der Waals surface area contributed by atoms with Crippen molar-refractivity contribution in [2.75, 3.05) is 12.4 Å². The molecule has 1 aromatic heterocycles. The zero-order chi connectivity index (χ0) is 18.5. The number of carbonyl (C=O) groups excluding carboxylic acids is 1. The highest BCUT2D eigenvalue weighted by Gasteiger charge is 2.17. The smallest absolute Gasteiger partial charge is 0.338 e. The second kappa shape index (κ2) is 7.47. The van der Waals surface area contributed by atoms with Crippen LogP contribution in [0.1, 0.15) is 15.9 Å². The van der Waals surface area contributed by atoms with Crippen molar-refractivity contribution in [3.63, 3.8) is 0 Å². The zero-order valence-electron chi connectivity index (χ0n) is 14.0. The lowest BCUT2D eigenvalue weighted by atomic mass is 10.1. The Morgan fingerprint density at radius 3 is 2.65 bits per heavy atom. The second-order valence-corrected chi connectivity index (χ2v) is 5.43. The summed E-state index contributed by atoms with van der Waals surface area (Å²) < 4.78 is 6.97. The van der Waals surface area contributed by atoms with E-state index in [0.717, 1.165) is 11.3 Å². The van der Waals surface area contributed by atoms with Gasteiger partial charge in [-0.15, -0.1) is 0 Å². The van der Waals surface area contributed by atoms with Crippen molar-refractivity contribution in [3.05, 3.63) is 82.2 Å². The molecular formula is C18H16N4O4. The number of benzene rings is 2. The molecule has 0 radical (unpaired) electrons. The molecule has 0 aliphatic rings. The van der Waals surface area contributed by atoms with Crippen LogP contribution in [0.15, 0.2) is 60.9 Å². The Kier molecular flexibility index (Phi) is 4.93. The lowest BCUT2D eigenvalue weighted by molar-refractivity contribution is -0.384. The van der Waals surface area contributed by atoms with Crippen LogP contribution in [0.2, 0.25) is 0 Å². The van der Waals surface area contributed by atoms with Gasteiger partial charge in [0.05, 0.1) is 16.2 Å². The molecule has 132 valence electrons. The number of ether oxygens (including phenoxy) is 1. The summed E-state index contributed by atoms with van der Waals surface area (Å²) in [5, 5.41) is 17.9. The molecule has 2 aromatic carbocycles. The van der Waals surface area contributed by atoms with E-state index in [2.05, 4.69) is 10.4 Å². The first kappa shape index (κ1) is 17.2. The maximum atomic E-state index is 12.2.